The first kappa shape index (κ1) is 18.9. The van der Waals surface area contributed by atoms with Crippen LogP contribution in [0, 0.1) is 10.1 Å². The highest BCUT2D eigenvalue weighted by Crippen LogP contribution is 2.33. The van der Waals surface area contributed by atoms with E-state index < -0.39 is 28.2 Å². The van der Waals surface area contributed by atoms with Gasteiger partial charge in [-0.2, -0.15) is 5.10 Å². The molecule has 0 aromatic heterocycles. The van der Waals surface area contributed by atoms with E-state index in [2.05, 4.69) is 10.4 Å². The van der Waals surface area contributed by atoms with Crippen molar-refractivity contribution < 1.29 is 24.4 Å². The fourth-order valence-electron chi connectivity index (χ4n) is 1.65. The molecule has 0 saturated heterocycles. The van der Waals surface area contributed by atoms with E-state index in [1.54, 1.807) is 0 Å². The van der Waals surface area contributed by atoms with Gasteiger partial charge in [0.25, 0.3) is 5.69 Å². The molecule has 0 heterocycles. The summed E-state index contributed by atoms with van der Waals surface area (Å²) in [7, 11) is 1.20. The molecule has 1 aromatic carbocycles. The van der Waals surface area contributed by atoms with Crippen LogP contribution in [0.5, 0.6) is 11.5 Å². The van der Waals surface area contributed by atoms with Gasteiger partial charge in [0.1, 0.15) is 5.75 Å². The summed E-state index contributed by atoms with van der Waals surface area (Å²) < 4.78 is 4.77. The smallest absolute Gasteiger partial charge is 0.329 e. The number of nitro benzene ring substituents is 1. The van der Waals surface area contributed by atoms with Gasteiger partial charge in [0.15, 0.2) is 0 Å². The van der Waals surface area contributed by atoms with Gasteiger partial charge in [-0.25, -0.2) is 5.43 Å². The molecule has 0 fully saturated rings. The Bertz CT molecular complexity index is 659. The van der Waals surface area contributed by atoms with Crippen LogP contribution in [0.4, 0.5) is 5.69 Å². The second kappa shape index (κ2) is 9.08. The highest BCUT2D eigenvalue weighted by Gasteiger charge is 2.13. The van der Waals surface area contributed by atoms with Crippen molar-refractivity contribution in [2.75, 3.05) is 13.7 Å². The summed E-state index contributed by atoms with van der Waals surface area (Å²) in [5, 5.41) is 28.4. The van der Waals surface area contributed by atoms with E-state index in [0.717, 1.165) is 25.1 Å². The molecular weight excluding hydrogens is 320 g/mol. The molecule has 0 spiro atoms. The molecule has 1 rings (SSSR count). The van der Waals surface area contributed by atoms with Gasteiger partial charge >= 0.3 is 11.8 Å². The van der Waals surface area contributed by atoms with Gasteiger partial charge in [-0.3, -0.25) is 19.7 Å². The number of hydrogen-bond donors (Lipinski definition) is 2. The fourth-order valence-corrected chi connectivity index (χ4v) is 1.65. The standard InChI is InChI=1S/C14H18N4O6/c1-3-4-5-15-13(20)14(21)17-16-8-9-6-10(18(22)23)12(19)11(7-9)24-2/h6-8,19H,3-5H2,1-2H3,(H,15,20)(H,17,21)/p-1/b16-8-. The summed E-state index contributed by atoms with van der Waals surface area (Å²) >= 11 is 0. The first-order chi connectivity index (χ1) is 11.4. The lowest BCUT2D eigenvalue weighted by atomic mass is 10.2. The summed E-state index contributed by atoms with van der Waals surface area (Å²) in [5.74, 6) is -2.89. The quantitative estimate of drug-likeness (QED) is 0.236. The normalized spacial score (nSPS) is 10.4. The molecule has 1 aromatic rings. The highest BCUT2D eigenvalue weighted by atomic mass is 16.6. The van der Waals surface area contributed by atoms with Crippen LogP contribution in [0.1, 0.15) is 25.3 Å². The summed E-state index contributed by atoms with van der Waals surface area (Å²) in [6.07, 6.45) is 2.68. The number of hydrogen-bond acceptors (Lipinski definition) is 7. The van der Waals surface area contributed by atoms with E-state index >= 15 is 0 Å². The highest BCUT2D eigenvalue weighted by molar-refractivity contribution is 6.35. The summed E-state index contributed by atoms with van der Waals surface area (Å²) in [6, 6.07) is 2.22. The van der Waals surface area contributed by atoms with E-state index in [-0.39, 0.29) is 11.3 Å². The number of rotatable bonds is 7. The predicted octanol–water partition coefficient (Wildman–Crippen LogP) is 0.0434. The number of nitro groups is 1. The van der Waals surface area contributed by atoms with E-state index in [9.17, 15) is 24.8 Å². The van der Waals surface area contributed by atoms with Crippen molar-refractivity contribution in [2.24, 2.45) is 5.10 Å². The Morgan fingerprint density at radius 1 is 1.38 bits per heavy atom. The first-order valence-corrected chi connectivity index (χ1v) is 7.05. The van der Waals surface area contributed by atoms with Gasteiger partial charge in [-0.15, -0.1) is 0 Å². The van der Waals surface area contributed by atoms with Crippen LogP contribution in [-0.2, 0) is 9.59 Å². The van der Waals surface area contributed by atoms with Crippen LogP contribution in [-0.4, -0.2) is 36.6 Å². The average Bonchev–Trinajstić information content (AvgIpc) is 2.55. The molecule has 0 aliphatic rings. The molecule has 0 bridgehead atoms. The summed E-state index contributed by atoms with van der Waals surface area (Å²) in [4.78, 5) is 32.8. The molecule has 0 radical (unpaired) electrons. The number of unbranched alkanes of at least 4 members (excludes halogenated alkanes) is 1. The average molecular weight is 337 g/mol. The van der Waals surface area contributed by atoms with Crippen LogP contribution < -0.4 is 20.6 Å². The Balaban J connectivity index is 2.77. The number of ether oxygens (including phenoxy) is 1. The van der Waals surface area contributed by atoms with Crippen molar-refractivity contribution in [3.63, 3.8) is 0 Å². The molecule has 130 valence electrons. The molecule has 10 nitrogen and oxygen atoms in total. The summed E-state index contributed by atoms with van der Waals surface area (Å²) in [5.41, 5.74) is 1.46. The second-order valence-electron chi connectivity index (χ2n) is 4.64. The van der Waals surface area contributed by atoms with Crippen LogP contribution in [0.15, 0.2) is 17.2 Å². The maximum Gasteiger partial charge on any atom is 0.329 e. The molecule has 0 aliphatic carbocycles. The Kier molecular flexibility index (Phi) is 7.14. The number of nitrogens with one attached hydrogen (secondary N) is 2. The Hall–Kier alpha value is -3.17. The maximum atomic E-state index is 11.7. The van der Waals surface area contributed by atoms with Gasteiger partial charge in [0.2, 0.25) is 0 Å². The number of carbonyl (C=O) groups is 2. The molecule has 0 aliphatic heterocycles. The second-order valence-corrected chi connectivity index (χ2v) is 4.64. The van der Waals surface area contributed by atoms with E-state index in [1.165, 1.54) is 13.2 Å². The molecule has 24 heavy (non-hydrogen) atoms. The Labute approximate surface area is 137 Å². The van der Waals surface area contributed by atoms with Crippen LogP contribution in [0.2, 0.25) is 0 Å². The fraction of sp³-hybridized carbons (Fsp3) is 0.357. The van der Waals surface area contributed by atoms with Crippen molar-refractivity contribution in [1.29, 1.82) is 0 Å². The molecule has 10 heteroatoms. The van der Waals surface area contributed by atoms with Gasteiger partial charge in [0, 0.05) is 23.9 Å². The molecule has 0 atom stereocenters. The zero-order chi connectivity index (χ0) is 18.1. The van der Waals surface area contributed by atoms with Crippen molar-refractivity contribution in [2.45, 2.75) is 19.8 Å². The maximum absolute atomic E-state index is 11.7. The van der Waals surface area contributed by atoms with Crippen LogP contribution >= 0.6 is 0 Å². The SMILES string of the molecule is CCCCNC(=O)C(=O)N/N=C\c1cc(OC)c([O-])c([N+](=O)[O-])c1. The van der Waals surface area contributed by atoms with Crippen molar-refractivity contribution >= 4 is 23.7 Å². The zero-order valence-electron chi connectivity index (χ0n) is 13.2. The van der Waals surface area contributed by atoms with Gasteiger partial charge < -0.3 is 15.2 Å². The number of nitrogens with zero attached hydrogens (tertiary/aromatic N) is 2. The molecule has 0 saturated carbocycles. The van der Waals surface area contributed by atoms with Gasteiger partial charge in [0.05, 0.1) is 18.2 Å². The molecule has 0 unspecified atom stereocenters. The van der Waals surface area contributed by atoms with Crippen LogP contribution in [0.25, 0.3) is 0 Å². The number of benzene rings is 1. The minimum Gasteiger partial charge on any atom is -0.865 e. The van der Waals surface area contributed by atoms with Crippen molar-refractivity contribution in [3.05, 3.63) is 27.8 Å². The number of methoxy groups -OCH3 is 1. The van der Waals surface area contributed by atoms with Crippen molar-refractivity contribution in [1.82, 2.24) is 10.7 Å². The number of hydrazone groups is 1. The lowest BCUT2D eigenvalue weighted by molar-refractivity contribution is -0.398. The number of carbonyl (C=O) groups excluding carboxylic acids is 2. The molecule has 2 N–H and O–H groups in total. The first-order valence-electron chi connectivity index (χ1n) is 7.05. The van der Waals surface area contributed by atoms with Gasteiger partial charge in [-0.1, -0.05) is 13.3 Å². The third-order valence-corrected chi connectivity index (χ3v) is 2.88. The third-order valence-electron chi connectivity index (χ3n) is 2.88. The van der Waals surface area contributed by atoms with Crippen molar-refractivity contribution in [3.8, 4) is 11.5 Å². The van der Waals surface area contributed by atoms with Gasteiger partial charge in [-0.05, 0) is 12.5 Å². The summed E-state index contributed by atoms with van der Waals surface area (Å²) in [6.45, 7) is 2.32. The minimum absolute atomic E-state index is 0.157. The molecular formula is C14H17N4O6-. The topological polar surface area (TPSA) is 146 Å². The monoisotopic (exact) mass is 337 g/mol. The minimum atomic E-state index is -0.968. The third kappa shape index (κ3) is 5.23. The van der Waals surface area contributed by atoms with E-state index in [0.29, 0.717) is 6.54 Å². The lowest BCUT2D eigenvalue weighted by Gasteiger charge is -2.12. The lowest BCUT2D eigenvalue weighted by Crippen LogP contribution is -2.38. The van der Waals surface area contributed by atoms with Crippen LogP contribution in [0.3, 0.4) is 0 Å². The Morgan fingerprint density at radius 3 is 2.67 bits per heavy atom. The van der Waals surface area contributed by atoms with E-state index in [4.69, 9.17) is 4.74 Å². The van der Waals surface area contributed by atoms with E-state index in [1.807, 2.05) is 12.3 Å². The Morgan fingerprint density at radius 2 is 2.08 bits per heavy atom. The largest absolute Gasteiger partial charge is 0.865 e. The molecule has 2 amide bonds. The number of amides is 2. The predicted molar refractivity (Wildman–Crippen MR) is 82.7 cm³/mol. The zero-order valence-corrected chi connectivity index (χ0v) is 13.2.